The van der Waals surface area contributed by atoms with E-state index >= 15 is 0 Å². The molecule has 7 nitrogen and oxygen atoms in total. The van der Waals surface area contributed by atoms with Crippen LogP contribution in [-0.4, -0.2) is 37.4 Å². The third-order valence-corrected chi connectivity index (χ3v) is 7.39. The number of nitrogens with zero attached hydrogens (tertiary/aromatic N) is 3. The summed E-state index contributed by atoms with van der Waals surface area (Å²) in [5.74, 6) is -0.229. The Balaban J connectivity index is 1.23. The van der Waals surface area contributed by atoms with E-state index in [1.54, 1.807) is 36.7 Å². The summed E-state index contributed by atoms with van der Waals surface area (Å²) in [6, 6.07) is 17.3. The first-order valence-electron chi connectivity index (χ1n) is 12.3. The first-order valence-corrected chi connectivity index (χ1v) is 12.3. The lowest BCUT2D eigenvalue weighted by Crippen LogP contribution is -2.42. The number of aliphatic hydroxyl groups excluding tert-OH is 1. The SMILES string of the molecule is O=C([C@H](O)c1cccc(-c2cccnc2)c1)N1CCc2nc(C3(c4cccc(F)c4)CC3)[nH]c(=O)c2C1. The molecular formula is C29H25FN4O3. The predicted molar refractivity (Wildman–Crippen MR) is 135 cm³/mol. The largest absolute Gasteiger partial charge is 0.378 e. The quantitative estimate of drug-likeness (QED) is 0.439. The zero-order valence-electron chi connectivity index (χ0n) is 20.0. The van der Waals surface area contributed by atoms with Gasteiger partial charge in [-0.3, -0.25) is 14.6 Å². The van der Waals surface area contributed by atoms with Gasteiger partial charge in [-0.15, -0.1) is 0 Å². The number of aromatic nitrogens is 3. The maximum absolute atomic E-state index is 13.9. The van der Waals surface area contributed by atoms with Crippen LogP contribution in [0.1, 0.15) is 47.2 Å². The van der Waals surface area contributed by atoms with Gasteiger partial charge in [0.1, 0.15) is 11.6 Å². The monoisotopic (exact) mass is 496 g/mol. The molecule has 3 heterocycles. The number of pyridine rings is 1. The summed E-state index contributed by atoms with van der Waals surface area (Å²) >= 11 is 0. The standard InChI is InChI=1S/C29H25FN4O3/c30-22-8-2-7-21(15-22)29(10-11-29)28-32-24-9-13-34(17-23(24)26(36)33-28)27(37)25(35)19-5-1-4-18(14-19)20-6-3-12-31-16-20/h1-8,12,14-16,25,35H,9-11,13,17H2,(H,32,33,36)/t25-/m1/s1. The second-order valence-corrected chi connectivity index (χ2v) is 9.71. The lowest BCUT2D eigenvalue weighted by molar-refractivity contribution is -0.141. The van der Waals surface area contributed by atoms with Gasteiger partial charge in [0, 0.05) is 25.4 Å². The molecule has 8 heteroatoms. The Morgan fingerprint density at radius 1 is 1.08 bits per heavy atom. The maximum atomic E-state index is 13.9. The minimum absolute atomic E-state index is 0.0725. The molecule has 6 rings (SSSR count). The highest BCUT2D eigenvalue weighted by Gasteiger charge is 2.49. The number of amides is 1. The molecule has 0 radical (unpaired) electrons. The molecule has 0 saturated heterocycles. The van der Waals surface area contributed by atoms with Crippen molar-refractivity contribution >= 4 is 5.91 Å². The van der Waals surface area contributed by atoms with Crippen LogP contribution in [0, 0.1) is 5.82 Å². The number of halogens is 1. The number of aliphatic hydroxyl groups is 1. The fourth-order valence-corrected chi connectivity index (χ4v) is 5.15. The molecule has 2 aromatic carbocycles. The van der Waals surface area contributed by atoms with Gasteiger partial charge in [-0.1, -0.05) is 36.4 Å². The van der Waals surface area contributed by atoms with Crippen LogP contribution in [0.5, 0.6) is 0 Å². The molecule has 0 unspecified atom stereocenters. The Kier molecular flexibility index (Phi) is 5.68. The average molecular weight is 497 g/mol. The van der Waals surface area contributed by atoms with Gasteiger partial charge in [0.05, 0.1) is 23.2 Å². The number of carbonyl (C=O) groups excluding carboxylic acids is 1. The Morgan fingerprint density at radius 3 is 2.65 bits per heavy atom. The molecule has 0 bridgehead atoms. The molecule has 186 valence electrons. The topological polar surface area (TPSA) is 99.2 Å². The third kappa shape index (κ3) is 4.23. The number of fused-ring (bicyclic) bond motifs is 1. The van der Waals surface area contributed by atoms with E-state index in [2.05, 4.69) is 9.97 Å². The fraction of sp³-hybridized carbons (Fsp3) is 0.241. The van der Waals surface area contributed by atoms with Gasteiger partial charge in [0.2, 0.25) is 0 Å². The van der Waals surface area contributed by atoms with E-state index in [1.807, 2.05) is 24.3 Å². The van der Waals surface area contributed by atoms with Crippen molar-refractivity contribution in [1.82, 2.24) is 19.9 Å². The molecule has 1 aliphatic heterocycles. The molecule has 4 aromatic rings. The summed E-state index contributed by atoms with van der Waals surface area (Å²) in [7, 11) is 0. The van der Waals surface area contributed by atoms with E-state index in [0.717, 1.165) is 29.5 Å². The second kappa shape index (κ2) is 9.05. The van der Waals surface area contributed by atoms with Crippen molar-refractivity contribution in [1.29, 1.82) is 0 Å². The van der Waals surface area contributed by atoms with E-state index in [4.69, 9.17) is 4.98 Å². The number of benzene rings is 2. The van der Waals surface area contributed by atoms with Crippen molar-refractivity contribution < 1.29 is 14.3 Å². The van der Waals surface area contributed by atoms with Crippen molar-refractivity contribution in [2.24, 2.45) is 0 Å². The van der Waals surface area contributed by atoms with Gasteiger partial charge in [-0.25, -0.2) is 9.37 Å². The Bertz CT molecular complexity index is 1550. The number of carbonyl (C=O) groups is 1. The average Bonchev–Trinajstić information content (AvgIpc) is 3.75. The van der Waals surface area contributed by atoms with Crippen molar-refractivity contribution in [3.05, 3.63) is 117 Å². The summed E-state index contributed by atoms with van der Waals surface area (Å²) < 4.78 is 13.9. The van der Waals surface area contributed by atoms with Gasteiger partial charge >= 0.3 is 0 Å². The van der Waals surface area contributed by atoms with E-state index in [1.165, 1.54) is 17.0 Å². The van der Waals surface area contributed by atoms with E-state index < -0.39 is 17.4 Å². The molecule has 1 fully saturated rings. The first-order chi connectivity index (χ1) is 17.9. The first kappa shape index (κ1) is 23.2. The Labute approximate surface area is 212 Å². The number of hydrogen-bond donors (Lipinski definition) is 2. The van der Waals surface area contributed by atoms with Crippen molar-refractivity contribution in [3.63, 3.8) is 0 Å². The summed E-state index contributed by atoms with van der Waals surface area (Å²) in [5.41, 5.74) is 3.32. The molecule has 2 aromatic heterocycles. The number of aromatic amines is 1. The molecule has 1 atom stereocenters. The normalized spacial score (nSPS) is 16.6. The van der Waals surface area contributed by atoms with Crippen LogP contribution in [0.15, 0.2) is 77.9 Å². The van der Waals surface area contributed by atoms with Crippen LogP contribution in [0.2, 0.25) is 0 Å². The zero-order valence-corrected chi connectivity index (χ0v) is 20.0. The lowest BCUT2D eigenvalue weighted by atomic mass is 9.94. The van der Waals surface area contributed by atoms with E-state index in [9.17, 15) is 19.1 Å². The molecule has 2 N–H and O–H groups in total. The predicted octanol–water partition coefficient (Wildman–Crippen LogP) is 3.67. The van der Waals surface area contributed by atoms with Gasteiger partial charge in [0.25, 0.3) is 11.5 Å². The zero-order chi connectivity index (χ0) is 25.6. The number of hydrogen-bond acceptors (Lipinski definition) is 5. The number of rotatable bonds is 5. The van der Waals surface area contributed by atoms with Gasteiger partial charge in [-0.05, 0) is 59.4 Å². The molecular weight excluding hydrogens is 471 g/mol. The van der Waals surface area contributed by atoms with Gasteiger partial charge < -0.3 is 15.0 Å². The highest BCUT2D eigenvalue weighted by atomic mass is 19.1. The maximum Gasteiger partial charge on any atom is 0.256 e. The Morgan fingerprint density at radius 2 is 1.89 bits per heavy atom. The van der Waals surface area contributed by atoms with Crippen LogP contribution >= 0.6 is 0 Å². The summed E-state index contributed by atoms with van der Waals surface area (Å²) in [5, 5.41) is 10.9. The fourth-order valence-electron chi connectivity index (χ4n) is 5.15. The third-order valence-electron chi connectivity index (χ3n) is 7.39. The molecule has 1 aliphatic carbocycles. The van der Waals surface area contributed by atoms with Crippen molar-refractivity contribution in [3.8, 4) is 11.1 Å². The van der Waals surface area contributed by atoms with Crippen molar-refractivity contribution in [2.75, 3.05) is 6.54 Å². The number of H-pyrrole nitrogens is 1. The van der Waals surface area contributed by atoms with Crippen LogP contribution in [0.25, 0.3) is 11.1 Å². The minimum Gasteiger partial charge on any atom is -0.378 e. The molecule has 37 heavy (non-hydrogen) atoms. The highest BCUT2D eigenvalue weighted by molar-refractivity contribution is 5.83. The van der Waals surface area contributed by atoms with Crippen molar-refractivity contribution in [2.45, 2.75) is 37.3 Å². The molecule has 1 amide bonds. The summed E-state index contributed by atoms with van der Waals surface area (Å²) in [6.45, 7) is 0.414. The molecule has 2 aliphatic rings. The Hall–Kier alpha value is -4.17. The van der Waals surface area contributed by atoms with Gasteiger partial charge in [-0.2, -0.15) is 0 Å². The van der Waals surface area contributed by atoms with Crippen LogP contribution in [0.4, 0.5) is 4.39 Å². The van der Waals surface area contributed by atoms with Gasteiger partial charge in [0.15, 0.2) is 6.10 Å². The number of nitrogens with one attached hydrogen (secondary N) is 1. The highest BCUT2D eigenvalue weighted by Crippen LogP contribution is 2.52. The summed E-state index contributed by atoms with van der Waals surface area (Å²) in [6.07, 6.45) is 4.03. The molecule has 1 saturated carbocycles. The van der Waals surface area contributed by atoms with E-state index in [-0.39, 0.29) is 17.9 Å². The van der Waals surface area contributed by atoms with Crippen LogP contribution in [-0.2, 0) is 23.2 Å². The van der Waals surface area contributed by atoms with Crippen LogP contribution in [0.3, 0.4) is 0 Å². The second-order valence-electron chi connectivity index (χ2n) is 9.71. The molecule has 0 spiro atoms. The minimum atomic E-state index is -1.35. The van der Waals surface area contributed by atoms with E-state index in [0.29, 0.717) is 35.6 Å². The summed E-state index contributed by atoms with van der Waals surface area (Å²) in [4.78, 5) is 39.6. The van der Waals surface area contributed by atoms with Crippen LogP contribution < -0.4 is 5.56 Å². The smallest absolute Gasteiger partial charge is 0.256 e. The lowest BCUT2D eigenvalue weighted by Gasteiger charge is -2.30.